The number of benzene rings is 2. The van der Waals surface area contributed by atoms with Crippen LogP contribution in [0.5, 0.6) is 11.5 Å². The van der Waals surface area contributed by atoms with Gasteiger partial charge in [0.25, 0.3) is 11.1 Å². The molecule has 0 spiro atoms. The second-order valence-electron chi connectivity index (χ2n) is 7.04. The first kappa shape index (κ1) is 23.8. The van der Waals surface area contributed by atoms with Gasteiger partial charge in [-0.3, -0.25) is 19.5 Å². The van der Waals surface area contributed by atoms with Crippen LogP contribution in [0.3, 0.4) is 0 Å². The van der Waals surface area contributed by atoms with Gasteiger partial charge in [0, 0.05) is 10.7 Å². The van der Waals surface area contributed by atoms with Crippen molar-refractivity contribution in [3.63, 3.8) is 0 Å². The van der Waals surface area contributed by atoms with Gasteiger partial charge in [0.2, 0.25) is 0 Å². The molecule has 2 aromatic carbocycles. The maximum atomic E-state index is 12.9. The van der Waals surface area contributed by atoms with Crippen molar-refractivity contribution < 1.29 is 19.1 Å². The number of carbonyl (C=O) groups is 2. The number of nitrogens with zero attached hydrogens (tertiary/aromatic N) is 2. The minimum absolute atomic E-state index is 0.233. The first-order chi connectivity index (χ1) is 15.9. The van der Waals surface area contributed by atoms with Crippen LogP contribution in [0.25, 0.3) is 6.08 Å². The number of carbonyl (C=O) groups excluding carboxylic acids is 2. The molecular weight excluding hydrogens is 619 g/mol. The number of halogens is 2. The highest BCUT2D eigenvalue weighted by molar-refractivity contribution is 14.1. The first-order valence-corrected chi connectivity index (χ1v) is 12.5. The van der Waals surface area contributed by atoms with Crippen LogP contribution in [0.4, 0.5) is 4.79 Å². The van der Waals surface area contributed by atoms with E-state index in [0.717, 1.165) is 36.6 Å². The molecule has 1 aliphatic rings. The summed E-state index contributed by atoms with van der Waals surface area (Å²) < 4.78 is 13.2. The number of aromatic nitrogens is 1. The molecular formula is C24H18BrIN2O4S. The van der Waals surface area contributed by atoms with E-state index in [4.69, 9.17) is 9.47 Å². The van der Waals surface area contributed by atoms with Crippen LogP contribution >= 0.6 is 50.3 Å². The minimum atomic E-state index is -0.308. The van der Waals surface area contributed by atoms with Crippen molar-refractivity contribution in [1.82, 2.24) is 9.88 Å². The fourth-order valence-electron chi connectivity index (χ4n) is 3.15. The van der Waals surface area contributed by atoms with Gasteiger partial charge in [-0.25, -0.2) is 0 Å². The highest BCUT2D eigenvalue weighted by Gasteiger charge is 2.35. The molecule has 1 fully saturated rings. The van der Waals surface area contributed by atoms with E-state index in [1.807, 2.05) is 48.5 Å². The number of rotatable bonds is 7. The fourth-order valence-corrected chi connectivity index (χ4v) is 5.04. The lowest BCUT2D eigenvalue weighted by Gasteiger charge is -2.14. The highest BCUT2D eigenvalue weighted by atomic mass is 127. The number of thioether (sulfide) groups is 1. The molecule has 33 heavy (non-hydrogen) atoms. The molecule has 1 aliphatic heterocycles. The number of pyridine rings is 1. The van der Waals surface area contributed by atoms with E-state index in [1.165, 1.54) is 4.90 Å². The Balaban J connectivity index is 1.53. The smallest absolute Gasteiger partial charge is 0.293 e. The Morgan fingerprint density at radius 3 is 2.64 bits per heavy atom. The van der Waals surface area contributed by atoms with E-state index in [2.05, 4.69) is 43.5 Å². The number of amides is 2. The van der Waals surface area contributed by atoms with E-state index in [-0.39, 0.29) is 17.7 Å². The molecule has 6 nitrogen and oxygen atoms in total. The lowest BCUT2D eigenvalue weighted by molar-refractivity contribution is -0.123. The summed E-state index contributed by atoms with van der Waals surface area (Å²) in [5.74, 6) is 0.833. The zero-order valence-corrected chi connectivity index (χ0v) is 22.0. The lowest BCUT2D eigenvalue weighted by atomic mass is 10.1. The van der Waals surface area contributed by atoms with E-state index in [1.54, 1.807) is 25.4 Å². The molecule has 0 bridgehead atoms. The zero-order valence-electron chi connectivity index (χ0n) is 17.5. The van der Waals surface area contributed by atoms with Gasteiger partial charge >= 0.3 is 0 Å². The Morgan fingerprint density at radius 2 is 1.94 bits per heavy atom. The summed E-state index contributed by atoms with van der Waals surface area (Å²) in [5.41, 5.74) is 2.43. The average Bonchev–Trinajstić information content (AvgIpc) is 3.07. The van der Waals surface area contributed by atoms with Gasteiger partial charge in [-0.05, 0) is 88.0 Å². The van der Waals surface area contributed by atoms with Crippen molar-refractivity contribution in [2.45, 2.75) is 13.2 Å². The molecule has 0 atom stereocenters. The lowest BCUT2D eigenvalue weighted by Crippen LogP contribution is -2.27. The molecule has 4 rings (SSSR count). The van der Waals surface area contributed by atoms with Gasteiger partial charge in [-0.15, -0.1) is 0 Å². The van der Waals surface area contributed by atoms with Gasteiger partial charge < -0.3 is 9.47 Å². The second-order valence-corrected chi connectivity index (χ2v) is 10.1. The van der Waals surface area contributed by atoms with Gasteiger partial charge in [0.15, 0.2) is 11.5 Å². The molecule has 3 aromatic rings. The standard InChI is InChI=1S/C24H18BrIN2O4S/c1-31-20-11-16(10-19(26)22(20)32-14-18-4-2-3-9-27-18)12-21-23(29)28(24(30)33-21)13-15-5-7-17(25)8-6-15/h2-12H,13-14H2,1H3/b21-12-. The molecule has 1 saturated heterocycles. The van der Waals surface area contributed by atoms with Crippen LogP contribution in [0.2, 0.25) is 0 Å². The summed E-state index contributed by atoms with van der Waals surface area (Å²) in [7, 11) is 1.56. The SMILES string of the molecule is COc1cc(/C=C2\SC(=O)N(Cc3ccc(Br)cc3)C2=O)cc(I)c1OCc1ccccn1. The van der Waals surface area contributed by atoms with Crippen LogP contribution in [0.1, 0.15) is 16.8 Å². The maximum Gasteiger partial charge on any atom is 0.293 e. The fraction of sp³-hybridized carbons (Fsp3) is 0.125. The molecule has 0 radical (unpaired) electrons. The van der Waals surface area contributed by atoms with Crippen LogP contribution in [-0.2, 0) is 17.9 Å². The summed E-state index contributed by atoms with van der Waals surface area (Å²) in [5, 5.41) is -0.286. The number of imide groups is 1. The summed E-state index contributed by atoms with van der Waals surface area (Å²) in [6.45, 7) is 0.540. The predicted molar refractivity (Wildman–Crippen MR) is 140 cm³/mol. The molecule has 9 heteroatoms. The Morgan fingerprint density at radius 1 is 1.15 bits per heavy atom. The molecule has 1 aromatic heterocycles. The van der Waals surface area contributed by atoms with Crippen molar-refractivity contribution in [1.29, 1.82) is 0 Å². The number of hydrogen-bond donors (Lipinski definition) is 0. The van der Waals surface area contributed by atoms with E-state index < -0.39 is 0 Å². The van der Waals surface area contributed by atoms with Gasteiger partial charge in [0.1, 0.15) is 6.61 Å². The zero-order chi connectivity index (χ0) is 23.4. The van der Waals surface area contributed by atoms with Gasteiger partial charge in [0.05, 0.1) is 27.8 Å². The maximum absolute atomic E-state index is 12.9. The number of hydrogen-bond acceptors (Lipinski definition) is 6. The summed E-state index contributed by atoms with van der Waals surface area (Å²) >= 11 is 6.49. The number of ether oxygens (including phenoxy) is 2. The topological polar surface area (TPSA) is 68.7 Å². The number of methoxy groups -OCH3 is 1. The van der Waals surface area contributed by atoms with Crippen molar-refractivity contribution in [2.24, 2.45) is 0 Å². The Kier molecular flexibility index (Phi) is 7.71. The van der Waals surface area contributed by atoms with Crippen molar-refractivity contribution in [2.75, 3.05) is 7.11 Å². The van der Waals surface area contributed by atoms with Gasteiger partial charge in [-0.1, -0.05) is 34.1 Å². The van der Waals surface area contributed by atoms with Gasteiger partial charge in [-0.2, -0.15) is 0 Å². The third-order valence-corrected chi connectivity index (χ3v) is 7.00. The van der Waals surface area contributed by atoms with E-state index in [9.17, 15) is 9.59 Å². The molecule has 2 amide bonds. The third kappa shape index (κ3) is 5.77. The third-order valence-electron chi connectivity index (χ3n) is 4.77. The monoisotopic (exact) mass is 636 g/mol. The first-order valence-electron chi connectivity index (χ1n) is 9.84. The molecule has 0 N–H and O–H groups in total. The van der Waals surface area contributed by atoms with Crippen LogP contribution < -0.4 is 9.47 Å². The Hall–Kier alpha value is -2.37. The summed E-state index contributed by atoms with van der Waals surface area (Å²) in [6, 6.07) is 16.9. The predicted octanol–water partition coefficient (Wildman–Crippen LogP) is 6.27. The largest absolute Gasteiger partial charge is 0.493 e. The Bertz CT molecular complexity index is 1220. The summed E-state index contributed by atoms with van der Waals surface area (Å²) in [4.78, 5) is 31.3. The van der Waals surface area contributed by atoms with Crippen LogP contribution in [0, 0.1) is 3.57 Å². The molecule has 0 unspecified atom stereocenters. The molecule has 0 aliphatic carbocycles. The quantitative estimate of drug-likeness (QED) is 0.225. The second kappa shape index (κ2) is 10.7. The Labute approximate surface area is 217 Å². The van der Waals surface area contributed by atoms with E-state index >= 15 is 0 Å². The molecule has 2 heterocycles. The van der Waals surface area contributed by atoms with Crippen molar-refractivity contribution >= 4 is 67.5 Å². The minimum Gasteiger partial charge on any atom is -0.493 e. The molecule has 0 saturated carbocycles. The average molecular weight is 637 g/mol. The van der Waals surface area contributed by atoms with Crippen molar-refractivity contribution in [3.05, 3.63) is 90.6 Å². The molecule has 168 valence electrons. The van der Waals surface area contributed by atoms with Crippen molar-refractivity contribution in [3.8, 4) is 11.5 Å². The highest BCUT2D eigenvalue weighted by Crippen LogP contribution is 2.38. The summed E-state index contributed by atoms with van der Waals surface area (Å²) in [6.07, 6.45) is 3.42. The van der Waals surface area contributed by atoms with E-state index in [0.29, 0.717) is 23.0 Å². The van der Waals surface area contributed by atoms with Crippen LogP contribution in [-0.4, -0.2) is 28.1 Å². The van der Waals surface area contributed by atoms with Crippen LogP contribution in [0.15, 0.2) is 70.2 Å². The normalized spacial score (nSPS) is 14.8.